The van der Waals surface area contributed by atoms with Gasteiger partial charge in [-0.2, -0.15) is 5.10 Å². The molecule has 0 radical (unpaired) electrons. The van der Waals surface area contributed by atoms with Crippen molar-refractivity contribution in [2.24, 2.45) is 0 Å². The van der Waals surface area contributed by atoms with Crippen LogP contribution in [0.5, 0.6) is 0 Å². The van der Waals surface area contributed by atoms with Gasteiger partial charge in [0.1, 0.15) is 0 Å². The average molecular weight is 535 g/mol. The average Bonchev–Trinajstić information content (AvgIpc) is 3.78. The van der Waals surface area contributed by atoms with Crippen molar-refractivity contribution in [1.82, 2.24) is 31.0 Å². The molecule has 3 fully saturated rings. The van der Waals surface area contributed by atoms with E-state index in [2.05, 4.69) is 64.3 Å². The molecule has 2 amide bonds. The Morgan fingerprint density at radius 1 is 0.949 bits per heavy atom. The van der Waals surface area contributed by atoms with Crippen LogP contribution >= 0.6 is 0 Å². The van der Waals surface area contributed by atoms with Crippen LogP contribution in [0.1, 0.15) is 61.6 Å². The van der Waals surface area contributed by atoms with E-state index in [0.29, 0.717) is 6.54 Å². The fourth-order valence-corrected chi connectivity index (χ4v) is 4.61. The lowest BCUT2D eigenvalue weighted by Gasteiger charge is -2.11. The minimum Gasteiger partial charge on any atom is -0.351 e. The van der Waals surface area contributed by atoms with Gasteiger partial charge in [0.05, 0.1) is 17.8 Å². The van der Waals surface area contributed by atoms with Crippen LogP contribution in [0.4, 0.5) is 0 Å². The zero-order chi connectivity index (χ0) is 27.7. The number of piperidine rings is 1. The first-order valence-corrected chi connectivity index (χ1v) is 14.4. The van der Waals surface area contributed by atoms with E-state index in [0.717, 1.165) is 55.4 Å². The van der Waals surface area contributed by atoms with Gasteiger partial charge in [0, 0.05) is 25.0 Å². The number of nitrogens with one attached hydrogen (secondary N) is 4. The van der Waals surface area contributed by atoms with Crippen LogP contribution in [0, 0.1) is 13.8 Å². The number of amides is 2. The smallest absolute Gasteiger partial charge is 0.237 e. The highest BCUT2D eigenvalue weighted by atomic mass is 16.2. The quantitative estimate of drug-likeness (QED) is 0.375. The summed E-state index contributed by atoms with van der Waals surface area (Å²) in [6.45, 7) is 10.2. The molecule has 2 aromatic carbocycles. The maximum absolute atomic E-state index is 11.8. The molecule has 0 saturated carbocycles. The van der Waals surface area contributed by atoms with Crippen molar-refractivity contribution in [2.75, 3.05) is 32.7 Å². The standard InChI is InChI=1S/C13H16N4O.C8H10.C5H9NO.C5H11N/c18-13(12-2-1-5-14-12)15-7-9-3-4-11-10(6-9)8-16-17-11;1-7-3-5-8(2)6-4-7;7-5-6-3-1-2-4-6;1-2-4-6-5-3-1/h3-4,6,8,12,14H,1-2,5,7H2,(H,15,18)(H,16,17);3-6H,1-2H3;5H,1-4H2;6H,1-5H2. The Hall–Kier alpha value is -3.23. The molecule has 3 aromatic rings. The third kappa shape index (κ3) is 11.6. The van der Waals surface area contributed by atoms with Gasteiger partial charge in [0.15, 0.2) is 0 Å². The van der Waals surface area contributed by atoms with Crippen molar-refractivity contribution in [1.29, 1.82) is 0 Å². The predicted molar refractivity (Wildman–Crippen MR) is 158 cm³/mol. The van der Waals surface area contributed by atoms with Crippen LogP contribution in [-0.4, -0.2) is 66.2 Å². The van der Waals surface area contributed by atoms with Crippen molar-refractivity contribution in [3.63, 3.8) is 0 Å². The molecule has 8 nitrogen and oxygen atoms in total. The summed E-state index contributed by atoms with van der Waals surface area (Å²) in [6, 6.07) is 14.5. The van der Waals surface area contributed by atoms with Gasteiger partial charge in [-0.25, -0.2) is 0 Å². The first-order valence-electron chi connectivity index (χ1n) is 14.4. The van der Waals surface area contributed by atoms with Crippen molar-refractivity contribution < 1.29 is 9.59 Å². The molecular formula is C31H46N6O2. The zero-order valence-corrected chi connectivity index (χ0v) is 23.7. The number of aromatic amines is 1. The third-order valence-electron chi connectivity index (χ3n) is 7.06. The number of rotatable bonds is 4. The minimum atomic E-state index is -0.0114. The van der Waals surface area contributed by atoms with Gasteiger partial charge < -0.3 is 20.9 Å². The van der Waals surface area contributed by atoms with Crippen LogP contribution in [0.2, 0.25) is 0 Å². The van der Waals surface area contributed by atoms with Gasteiger partial charge in [-0.05, 0) is 89.7 Å². The van der Waals surface area contributed by atoms with E-state index in [-0.39, 0.29) is 11.9 Å². The van der Waals surface area contributed by atoms with Crippen LogP contribution in [0.25, 0.3) is 10.9 Å². The molecule has 3 saturated heterocycles. The van der Waals surface area contributed by atoms with Gasteiger partial charge >= 0.3 is 0 Å². The molecule has 8 heteroatoms. The number of fused-ring (bicyclic) bond motifs is 1. The summed E-state index contributed by atoms with van der Waals surface area (Å²) in [6.07, 6.45) is 11.3. The molecule has 3 aliphatic heterocycles. The number of benzene rings is 2. The Bertz CT molecular complexity index is 1070. The van der Waals surface area contributed by atoms with Crippen LogP contribution in [-0.2, 0) is 16.1 Å². The fraction of sp³-hybridized carbons (Fsp3) is 0.516. The van der Waals surface area contributed by atoms with E-state index >= 15 is 0 Å². The van der Waals surface area contributed by atoms with Crippen LogP contribution in [0.3, 0.4) is 0 Å². The van der Waals surface area contributed by atoms with E-state index in [1.54, 1.807) is 11.1 Å². The molecule has 4 N–H and O–H groups in total. The highest BCUT2D eigenvalue weighted by Crippen LogP contribution is 2.13. The van der Waals surface area contributed by atoms with Gasteiger partial charge in [-0.15, -0.1) is 0 Å². The summed E-state index contributed by atoms with van der Waals surface area (Å²) in [5.41, 5.74) is 4.77. The topological polar surface area (TPSA) is 102 Å². The molecule has 39 heavy (non-hydrogen) atoms. The summed E-state index contributed by atoms with van der Waals surface area (Å²) in [4.78, 5) is 23.6. The second kappa shape index (κ2) is 17.4. The zero-order valence-electron chi connectivity index (χ0n) is 23.7. The van der Waals surface area contributed by atoms with Crippen LogP contribution in [0.15, 0.2) is 48.7 Å². The van der Waals surface area contributed by atoms with Crippen LogP contribution < -0.4 is 16.0 Å². The molecule has 1 unspecified atom stereocenters. The number of aromatic nitrogens is 2. The Morgan fingerprint density at radius 3 is 2.15 bits per heavy atom. The summed E-state index contributed by atoms with van der Waals surface area (Å²) in [5, 5.41) is 17.4. The third-order valence-corrected chi connectivity index (χ3v) is 7.06. The molecule has 212 valence electrons. The van der Waals surface area contributed by atoms with E-state index < -0.39 is 0 Å². The van der Waals surface area contributed by atoms with E-state index in [9.17, 15) is 9.59 Å². The molecule has 1 aromatic heterocycles. The maximum Gasteiger partial charge on any atom is 0.237 e. The van der Waals surface area contributed by atoms with Gasteiger partial charge in [0.25, 0.3) is 0 Å². The molecule has 3 aliphatic rings. The number of hydrogen-bond donors (Lipinski definition) is 4. The van der Waals surface area contributed by atoms with E-state index in [1.165, 1.54) is 56.3 Å². The first-order chi connectivity index (χ1) is 19.0. The van der Waals surface area contributed by atoms with Crippen molar-refractivity contribution in [3.8, 4) is 0 Å². The second-order valence-electron chi connectivity index (χ2n) is 10.5. The number of H-pyrrole nitrogens is 1. The largest absolute Gasteiger partial charge is 0.351 e. The van der Waals surface area contributed by atoms with Gasteiger partial charge in [0.2, 0.25) is 12.3 Å². The molecule has 0 aliphatic carbocycles. The fourth-order valence-electron chi connectivity index (χ4n) is 4.61. The highest BCUT2D eigenvalue weighted by molar-refractivity contribution is 5.82. The molecule has 0 bridgehead atoms. The summed E-state index contributed by atoms with van der Waals surface area (Å²) < 4.78 is 0. The molecular weight excluding hydrogens is 488 g/mol. The minimum absolute atomic E-state index is 0.0114. The molecule has 0 spiro atoms. The summed E-state index contributed by atoms with van der Waals surface area (Å²) in [5.74, 6) is 0.0970. The van der Waals surface area contributed by atoms with Gasteiger partial charge in [-0.1, -0.05) is 47.9 Å². The maximum atomic E-state index is 11.8. The lowest BCUT2D eigenvalue weighted by molar-refractivity contribution is -0.123. The normalized spacial score (nSPS) is 18.1. The van der Waals surface area contributed by atoms with Gasteiger partial charge in [-0.3, -0.25) is 14.7 Å². The Kier molecular flexibility index (Phi) is 13.5. The number of nitrogens with zero attached hydrogens (tertiary/aromatic N) is 2. The number of aryl methyl sites for hydroxylation is 2. The predicted octanol–water partition coefficient (Wildman–Crippen LogP) is 4.23. The Labute approximate surface area is 233 Å². The van der Waals surface area contributed by atoms with Crippen molar-refractivity contribution in [2.45, 2.75) is 71.4 Å². The molecule has 6 rings (SSSR count). The molecule has 4 heterocycles. The number of hydrogen-bond acceptors (Lipinski definition) is 5. The second-order valence-corrected chi connectivity index (χ2v) is 10.5. The molecule has 1 atom stereocenters. The lowest BCUT2D eigenvalue weighted by atomic mass is 10.1. The first kappa shape index (κ1) is 30.3. The van der Waals surface area contributed by atoms with E-state index in [1.807, 2.05) is 18.2 Å². The highest BCUT2D eigenvalue weighted by Gasteiger charge is 2.21. The number of likely N-dealkylation sites (tertiary alicyclic amines) is 1. The monoisotopic (exact) mass is 534 g/mol. The lowest BCUT2D eigenvalue weighted by Crippen LogP contribution is -2.39. The Balaban J connectivity index is 0.000000165. The summed E-state index contributed by atoms with van der Waals surface area (Å²) >= 11 is 0. The van der Waals surface area contributed by atoms with E-state index in [4.69, 9.17) is 0 Å². The number of carbonyl (C=O) groups is 2. The Morgan fingerprint density at radius 2 is 1.64 bits per heavy atom. The van der Waals surface area contributed by atoms with Crippen molar-refractivity contribution >= 4 is 23.2 Å². The number of carbonyl (C=O) groups excluding carboxylic acids is 2. The SMILES string of the molecule is C1CCNCC1.Cc1ccc(C)cc1.O=C(NCc1ccc2[nH]ncc2c1)C1CCCN1.O=CN1CCCC1. The summed E-state index contributed by atoms with van der Waals surface area (Å²) in [7, 11) is 0. The van der Waals surface area contributed by atoms with Crippen molar-refractivity contribution in [3.05, 3.63) is 65.4 Å².